The predicted octanol–water partition coefficient (Wildman–Crippen LogP) is 3.02. The minimum Gasteiger partial charge on any atom is -0.459 e. The Balaban J connectivity index is 2.35. The van der Waals surface area contributed by atoms with Crippen molar-refractivity contribution in [3.63, 3.8) is 0 Å². The summed E-state index contributed by atoms with van der Waals surface area (Å²) in [7, 11) is 0. The molecule has 1 heterocycles. The molecule has 1 amide bonds. The van der Waals surface area contributed by atoms with E-state index >= 15 is 0 Å². The van der Waals surface area contributed by atoms with Gasteiger partial charge in [0, 0.05) is 17.2 Å². The van der Waals surface area contributed by atoms with Crippen LogP contribution in [0.25, 0.3) is 11.0 Å². The molecule has 22 heavy (non-hydrogen) atoms. The van der Waals surface area contributed by atoms with Gasteiger partial charge in [0.15, 0.2) is 0 Å². The third-order valence-electron chi connectivity index (χ3n) is 3.19. The van der Waals surface area contributed by atoms with Crippen molar-refractivity contribution in [1.82, 2.24) is 5.32 Å². The van der Waals surface area contributed by atoms with Crippen LogP contribution in [0, 0.1) is 6.92 Å². The number of hydrogen-bond acceptors (Lipinski definition) is 4. The summed E-state index contributed by atoms with van der Waals surface area (Å²) in [6.07, 6.45) is 1.10. The normalized spacial score (nSPS) is 10.3. The summed E-state index contributed by atoms with van der Waals surface area (Å²) in [5, 5.41) is 3.42. The third kappa shape index (κ3) is 3.09. The van der Waals surface area contributed by atoms with Crippen LogP contribution in [-0.4, -0.2) is 11.9 Å². The molecule has 0 spiro atoms. The van der Waals surface area contributed by atoms with Gasteiger partial charge in [-0.25, -0.2) is 4.79 Å². The Morgan fingerprint density at radius 2 is 2.14 bits per heavy atom. The van der Waals surface area contributed by atoms with Gasteiger partial charge in [-0.1, -0.05) is 19.2 Å². The van der Waals surface area contributed by atoms with Gasteiger partial charge in [0.2, 0.25) is 5.91 Å². The zero-order valence-corrected chi connectivity index (χ0v) is 12.6. The summed E-state index contributed by atoms with van der Waals surface area (Å²) in [6, 6.07) is 5.19. The van der Waals surface area contributed by atoms with Crippen LogP contribution in [-0.2, 0) is 16.1 Å². The highest BCUT2D eigenvalue weighted by molar-refractivity contribution is 5.93. The van der Waals surface area contributed by atoms with E-state index in [0.29, 0.717) is 28.1 Å². The van der Waals surface area contributed by atoms with Crippen molar-refractivity contribution in [2.45, 2.75) is 20.4 Å². The summed E-state index contributed by atoms with van der Waals surface area (Å²) in [5.41, 5.74) is 1.82. The topological polar surface area (TPSA) is 68.5 Å². The number of rotatable bonds is 5. The van der Waals surface area contributed by atoms with Gasteiger partial charge >= 0.3 is 5.97 Å². The third-order valence-corrected chi connectivity index (χ3v) is 3.19. The molecule has 2 aromatic rings. The van der Waals surface area contributed by atoms with Crippen molar-refractivity contribution >= 4 is 22.8 Å². The summed E-state index contributed by atoms with van der Waals surface area (Å²) < 4.78 is 10.9. The van der Waals surface area contributed by atoms with E-state index in [1.165, 1.54) is 0 Å². The number of benzene rings is 1. The van der Waals surface area contributed by atoms with Crippen LogP contribution >= 0.6 is 0 Å². The molecule has 0 unspecified atom stereocenters. The predicted molar refractivity (Wildman–Crippen MR) is 83.4 cm³/mol. The number of ether oxygens (including phenoxy) is 1. The molecule has 0 aliphatic rings. The highest BCUT2D eigenvalue weighted by Gasteiger charge is 2.16. The second-order valence-corrected chi connectivity index (χ2v) is 4.87. The Hall–Kier alpha value is -2.82. The van der Waals surface area contributed by atoms with Crippen LogP contribution in [0.2, 0.25) is 0 Å². The lowest BCUT2D eigenvalue weighted by molar-refractivity contribution is -0.128. The maximum absolute atomic E-state index is 11.6. The lowest BCUT2D eigenvalue weighted by Gasteiger charge is -2.04. The average molecular weight is 299 g/mol. The average Bonchev–Trinajstić information content (AvgIpc) is 2.82. The van der Waals surface area contributed by atoms with Crippen LogP contribution in [0.15, 0.2) is 47.4 Å². The Morgan fingerprint density at radius 1 is 1.41 bits per heavy atom. The Bertz CT molecular complexity index is 770. The molecule has 0 aliphatic heterocycles. The van der Waals surface area contributed by atoms with Gasteiger partial charge in [-0.2, -0.15) is 0 Å². The quantitative estimate of drug-likeness (QED) is 0.523. The molecule has 2 rings (SSSR count). The second-order valence-electron chi connectivity index (χ2n) is 4.87. The highest BCUT2D eigenvalue weighted by Crippen LogP contribution is 2.33. The molecule has 1 N–H and O–H groups in total. The SMILES string of the molecule is C=CC(=O)Oc1cccc2oc(CNC(=O)C(=C)C)c(C)c12. The molecule has 0 saturated carbocycles. The maximum atomic E-state index is 11.6. The first kappa shape index (κ1) is 15.6. The fourth-order valence-electron chi connectivity index (χ4n) is 2.03. The van der Waals surface area contributed by atoms with Gasteiger partial charge in [0.1, 0.15) is 17.1 Å². The first-order valence-corrected chi connectivity index (χ1v) is 6.73. The number of furan rings is 1. The largest absolute Gasteiger partial charge is 0.459 e. The zero-order valence-electron chi connectivity index (χ0n) is 12.6. The van der Waals surface area contributed by atoms with E-state index in [0.717, 1.165) is 11.6 Å². The smallest absolute Gasteiger partial charge is 0.335 e. The molecule has 1 aromatic heterocycles. The van der Waals surface area contributed by atoms with Gasteiger partial charge in [0.25, 0.3) is 0 Å². The highest BCUT2D eigenvalue weighted by atomic mass is 16.5. The minimum absolute atomic E-state index is 0.237. The fraction of sp³-hybridized carbons (Fsp3) is 0.176. The summed E-state index contributed by atoms with van der Waals surface area (Å²) in [4.78, 5) is 23.0. The Kier molecular flexibility index (Phi) is 4.46. The number of carbonyl (C=O) groups is 2. The first-order chi connectivity index (χ1) is 10.4. The molecule has 0 atom stereocenters. The van der Waals surface area contributed by atoms with E-state index in [4.69, 9.17) is 9.15 Å². The molecule has 5 heteroatoms. The van der Waals surface area contributed by atoms with Crippen LogP contribution in [0.3, 0.4) is 0 Å². The van der Waals surface area contributed by atoms with Crippen molar-refractivity contribution in [1.29, 1.82) is 0 Å². The van der Waals surface area contributed by atoms with E-state index < -0.39 is 5.97 Å². The number of aryl methyl sites for hydroxylation is 1. The molecule has 0 aliphatic carbocycles. The number of esters is 1. The standard InChI is InChI=1S/C17H17NO4/c1-5-15(19)22-13-8-6-7-12-16(13)11(4)14(21-12)9-18-17(20)10(2)3/h5-8H,1-2,9H2,3-4H3,(H,18,20). The van der Waals surface area contributed by atoms with Gasteiger partial charge in [-0.05, 0) is 26.0 Å². The van der Waals surface area contributed by atoms with Crippen molar-refractivity contribution < 1.29 is 18.7 Å². The number of carbonyl (C=O) groups excluding carboxylic acids is 2. The zero-order chi connectivity index (χ0) is 16.3. The summed E-state index contributed by atoms with van der Waals surface area (Å²) in [5.74, 6) is 0.233. The molecular formula is C17H17NO4. The molecule has 114 valence electrons. The minimum atomic E-state index is -0.537. The van der Waals surface area contributed by atoms with Crippen molar-refractivity contribution in [3.8, 4) is 5.75 Å². The van der Waals surface area contributed by atoms with Gasteiger partial charge in [-0.3, -0.25) is 4.79 Å². The summed E-state index contributed by atoms with van der Waals surface area (Å²) >= 11 is 0. The molecule has 0 saturated heterocycles. The van der Waals surface area contributed by atoms with Crippen LogP contribution in [0.4, 0.5) is 0 Å². The van der Waals surface area contributed by atoms with Crippen LogP contribution in [0.5, 0.6) is 5.75 Å². The Morgan fingerprint density at radius 3 is 2.77 bits per heavy atom. The van der Waals surface area contributed by atoms with Gasteiger partial charge < -0.3 is 14.5 Å². The fourth-order valence-corrected chi connectivity index (χ4v) is 2.03. The van der Waals surface area contributed by atoms with E-state index in [1.807, 2.05) is 6.92 Å². The second kappa shape index (κ2) is 6.30. The molecule has 0 fully saturated rings. The Labute approximate surface area is 128 Å². The van der Waals surface area contributed by atoms with Crippen LogP contribution < -0.4 is 10.1 Å². The number of amides is 1. The van der Waals surface area contributed by atoms with Gasteiger partial charge in [0.05, 0.1) is 11.9 Å². The number of fused-ring (bicyclic) bond motifs is 1. The van der Waals surface area contributed by atoms with Crippen molar-refractivity contribution in [3.05, 3.63) is 54.3 Å². The summed E-state index contributed by atoms with van der Waals surface area (Å²) in [6.45, 7) is 10.7. The molecule has 1 aromatic carbocycles. The van der Waals surface area contributed by atoms with Crippen molar-refractivity contribution in [2.24, 2.45) is 0 Å². The monoisotopic (exact) mass is 299 g/mol. The molecular weight excluding hydrogens is 282 g/mol. The molecule has 0 radical (unpaired) electrons. The first-order valence-electron chi connectivity index (χ1n) is 6.73. The lowest BCUT2D eigenvalue weighted by atomic mass is 10.1. The maximum Gasteiger partial charge on any atom is 0.335 e. The van der Waals surface area contributed by atoms with Gasteiger partial charge in [-0.15, -0.1) is 0 Å². The number of hydrogen-bond donors (Lipinski definition) is 1. The lowest BCUT2D eigenvalue weighted by Crippen LogP contribution is -2.23. The van der Waals surface area contributed by atoms with E-state index in [1.54, 1.807) is 25.1 Å². The van der Waals surface area contributed by atoms with E-state index in [9.17, 15) is 9.59 Å². The van der Waals surface area contributed by atoms with E-state index in [-0.39, 0.29) is 12.5 Å². The van der Waals surface area contributed by atoms with E-state index in [2.05, 4.69) is 18.5 Å². The molecule has 0 bridgehead atoms. The van der Waals surface area contributed by atoms with Crippen molar-refractivity contribution in [2.75, 3.05) is 0 Å². The molecule has 5 nitrogen and oxygen atoms in total. The van der Waals surface area contributed by atoms with Crippen LogP contribution in [0.1, 0.15) is 18.2 Å². The number of nitrogens with one attached hydrogen (secondary N) is 1.